The fraction of sp³-hybridized carbons (Fsp3) is 0.185. The highest BCUT2D eigenvalue weighted by molar-refractivity contribution is 5.97. The van der Waals surface area contributed by atoms with Crippen molar-refractivity contribution >= 4 is 29.3 Å². The lowest BCUT2D eigenvalue weighted by Gasteiger charge is -2.15. The minimum atomic E-state index is -1.12. The summed E-state index contributed by atoms with van der Waals surface area (Å²) < 4.78 is 6.47. The Morgan fingerprint density at radius 1 is 1.06 bits per heavy atom. The van der Waals surface area contributed by atoms with Gasteiger partial charge >= 0.3 is 11.9 Å². The van der Waals surface area contributed by atoms with Crippen molar-refractivity contribution in [3.05, 3.63) is 89.6 Å². The molecule has 0 spiro atoms. The summed E-state index contributed by atoms with van der Waals surface area (Å²) in [6.45, 7) is 1.92. The van der Waals surface area contributed by atoms with Crippen molar-refractivity contribution in [2.45, 2.75) is 19.4 Å². The molecule has 4 rings (SSSR count). The molecule has 2 aromatic heterocycles. The molecule has 0 bridgehead atoms. The molecule has 0 saturated heterocycles. The fourth-order valence-electron chi connectivity index (χ4n) is 3.79. The minimum Gasteiger partial charge on any atom is -0.480 e. The zero-order chi connectivity index (χ0) is 25.7. The fourth-order valence-corrected chi connectivity index (χ4v) is 3.79. The maximum Gasteiger partial charge on any atom is 0.326 e. The Hall–Kier alpha value is -4.66. The van der Waals surface area contributed by atoms with E-state index in [1.807, 2.05) is 61.5 Å². The summed E-state index contributed by atoms with van der Waals surface area (Å²) in [6, 6.07) is 19.0. The second kappa shape index (κ2) is 10.7. The molecule has 4 aromatic rings. The Kier molecular flexibility index (Phi) is 7.29. The number of aromatic nitrogens is 2. The monoisotopic (exact) mass is 486 g/mol. The molecule has 0 fully saturated rings. The van der Waals surface area contributed by atoms with Crippen LogP contribution in [0.4, 0.5) is 5.82 Å². The van der Waals surface area contributed by atoms with Gasteiger partial charge in [-0.1, -0.05) is 60.2 Å². The van der Waals surface area contributed by atoms with E-state index in [0.29, 0.717) is 17.2 Å². The van der Waals surface area contributed by atoms with Gasteiger partial charge in [-0.15, -0.1) is 0 Å². The van der Waals surface area contributed by atoms with E-state index in [4.69, 9.17) is 9.72 Å². The number of carboxylic acid groups (broad SMARTS) is 1. The first-order valence-corrected chi connectivity index (χ1v) is 11.3. The lowest BCUT2D eigenvalue weighted by atomic mass is 10.1. The zero-order valence-corrected chi connectivity index (χ0v) is 19.9. The van der Waals surface area contributed by atoms with Crippen molar-refractivity contribution in [2.75, 3.05) is 19.0 Å². The number of aliphatic carboxylic acids is 1. The average Bonchev–Trinajstić information content (AvgIpc) is 3.25. The number of hydrogen-bond donors (Lipinski definition) is 3. The number of hydrogen-bond acceptors (Lipinski definition) is 6. The van der Waals surface area contributed by atoms with Gasteiger partial charge < -0.3 is 20.5 Å². The number of carbonyl (C=O) groups is 3. The van der Waals surface area contributed by atoms with Crippen LogP contribution in [-0.4, -0.2) is 52.0 Å². The van der Waals surface area contributed by atoms with Crippen LogP contribution >= 0.6 is 0 Å². The number of amides is 1. The highest BCUT2D eigenvalue weighted by atomic mass is 16.5. The summed E-state index contributed by atoms with van der Waals surface area (Å²) >= 11 is 0. The van der Waals surface area contributed by atoms with E-state index in [9.17, 15) is 19.5 Å². The second-order valence-corrected chi connectivity index (χ2v) is 8.30. The standard InChI is InChI=1S/C27H26N4O5/c1-17-8-10-19(11-9-17)24-25(28-16-23(32)36-2)31-13-12-20(15-22(31)30-24)26(33)29-21(27(34)35)14-18-6-4-3-5-7-18/h3-13,15,21,28H,14,16H2,1-2H3,(H,29,33)(H,34,35). The van der Waals surface area contributed by atoms with Crippen LogP contribution < -0.4 is 10.6 Å². The molecule has 9 nitrogen and oxygen atoms in total. The lowest BCUT2D eigenvalue weighted by molar-refractivity contribution is -0.139. The number of nitrogens with zero attached hydrogens (tertiary/aromatic N) is 2. The van der Waals surface area contributed by atoms with Gasteiger partial charge in [0, 0.05) is 23.7 Å². The van der Waals surface area contributed by atoms with Crippen molar-refractivity contribution < 1.29 is 24.2 Å². The van der Waals surface area contributed by atoms with Crippen molar-refractivity contribution in [3.8, 4) is 11.3 Å². The third kappa shape index (κ3) is 5.52. The van der Waals surface area contributed by atoms with Gasteiger partial charge in [0.05, 0.1) is 7.11 Å². The van der Waals surface area contributed by atoms with Crippen LogP contribution in [0.1, 0.15) is 21.5 Å². The number of esters is 1. The highest BCUT2D eigenvalue weighted by Crippen LogP contribution is 2.29. The molecule has 3 N–H and O–H groups in total. The molecule has 9 heteroatoms. The molecule has 0 aliphatic carbocycles. The Labute approximate surface area is 207 Å². The first-order chi connectivity index (χ1) is 17.4. The number of rotatable bonds is 9. The maximum atomic E-state index is 13.0. The number of carbonyl (C=O) groups excluding carboxylic acids is 2. The number of methoxy groups -OCH3 is 1. The molecule has 2 aromatic carbocycles. The number of imidazole rings is 1. The lowest BCUT2D eigenvalue weighted by Crippen LogP contribution is -2.42. The number of fused-ring (bicyclic) bond motifs is 1. The van der Waals surface area contributed by atoms with Gasteiger partial charge in [-0.2, -0.15) is 0 Å². The van der Waals surface area contributed by atoms with Crippen molar-refractivity contribution in [1.29, 1.82) is 0 Å². The number of nitrogens with one attached hydrogen (secondary N) is 2. The molecule has 36 heavy (non-hydrogen) atoms. The van der Waals surface area contributed by atoms with E-state index < -0.39 is 23.9 Å². The van der Waals surface area contributed by atoms with Crippen LogP contribution in [0.25, 0.3) is 16.9 Å². The summed E-state index contributed by atoms with van der Waals surface area (Å²) in [4.78, 5) is 41.2. The number of aryl methyl sites for hydroxylation is 1. The topological polar surface area (TPSA) is 122 Å². The Morgan fingerprint density at radius 3 is 2.44 bits per heavy atom. The number of pyridine rings is 1. The van der Waals surface area contributed by atoms with Crippen LogP contribution in [-0.2, 0) is 20.7 Å². The first-order valence-electron chi connectivity index (χ1n) is 11.3. The first kappa shape index (κ1) is 24.5. The number of ether oxygens (including phenoxy) is 1. The van der Waals surface area contributed by atoms with E-state index in [1.165, 1.54) is 7.11 Å². The van der Waals surface area contributed by atoms with Gasteiger partial charge in [-0.3, -0.25) is 14.0 Å². The van der Waals surface area contributed by atoms with Gasteiger partial charge in [0.25, 0.3) is 5.91 Å². The van der Waals surface area contributed by atoms with E-state index in [-0.39, 0.29) is 18.5 Å². The molecule has 0 aliphatic heterocycles. The van der Waals surface area contributed by atoms with E-state index in [2.05, 4.69) is 10.6 Å². The molecule has 1 atom stereocenters. The molecule has 0 radical (unpaired) electrons. The van der Waals surface area contributed by atoms with Crippen LogP contribution in [0.15, 0.2) is 72.9 Å². The Balaban J connectivity index is 1.64. The van der Waals surface area contributed by atoms with E-state index in [1.54, 1.807) is 22.7 Å². The van der Waals surface area contributed by atoms with E-state index >= 15 is 0 Å². The predicted molar refractivity (Wildman–Crippen MR) is 135 cm³/mol. The number of anilines is 1. The third-order valence-corrected chi connectivity index (χ3v) is 5.73. The van der Waals surface area contributed by atoms with Crippen LogP contribution in [0.2, 0.25) is 0 Å². The summed E-state index contributed by atoms with van der Waals surface area (Å²) in [5.74, 6) is -1.51. The molecule has 2 heterocycles. The SMILES string of the molecule is COC(=O)CNc1c(-c2ccc(C)cc2)nc2cc(C(=O)NC(Cc3ccccc3)C(=O)O)ccn12. The van der Waals surface area contributed by atoms with E-state index in [0.717, 1.165) is 16.7 Å². The summed E-state index contributed by atoms with van der Waals surface area (Å²) in [5.41, 5.74) is 4.05. The molecule has 184 valence electrons. The van der Waals surface area contributed by atoms with Crippen LogP contribution in [0, 0.1) is 6.92 Å². The molecule has 0 aliphatic rings. The predicted octanol–water partition coefficient (Wildman–Crippen LogP) is 3.32. The largest absolute Gasteiger partial charge is 0.480 e. The van der Waals surface area contributed by atoms with Crippen LogP contribution in [0.3, 0.4) is 0 Å². The second-order valence-electron chi connectivity index (χ2n) is 8.30. The Bertz CT molecular complexity index is 1400. The van der Waals surface area contributed by atoms with Gasteiger partial charge in [-0.05, 0) is 24.6 Å². The van der Waals surface area contributed by atoms with Gasteiger partial charge in [0.15, 0.2) is 0 Å². The quantitative estimate of drug-likeness (QED) is 0.310. The molecule has 1 amide bonds. The van der Waals surface area contributed by atoms with Crippen LogP contribution in [0.5, 0.6) is 0 Å². The highest BCUT2D eigenvalue weighted by Gasteiger charge is 2.22. The summed E-state index contributed by atoms with van der Waals surface area (Å²) in [5, 5.41) is 15.3. The van der Waals surface area contributed by atoms with Crippen molar-refractivity contribution in [3.63, 3.8) is 0 Å². The number of carboxylic acids is 1. The minimum absolute atomic E-state index is 0.0643. The van der Waals surface area contributed by atoms with Crippen molar-refractivity contribution in [1.82, 2.24) is 14.7 Å². The maximum absolute atomic E-state index is 13.0. The molecular formula is C27H26N4O5. The molecular weight excluding hydrogens is 460 g/mol. The molecule has 0 saturated carbocycles. The molecule has 1 unspecified atom stereocenters. The zero-order valence-electron chi connectivity index (χ0n) is 19.9. The van der Waals surface area contributed by atoms with Gasteiger partial charge in [0.2, 0.25) is 0 Å². The summed E-state index contributed by atoms with van der Waals surface area (Å²) in [7, 11) is 1.31. The van der Waals surface area contributed by atoms with Gasteiger partial charge in [0.1, 0.15) is 29.7 Å². The Morgan fingerprint density at radius 2 is 1.78 bits per heavy atom. The smallest absolute Gasteiger partial charge is 0.326 e. The third-order valence-electron chi connectivity index (χ3n) is 5.73. The number of benzene rings is 2. The van der Waals surface area contributed by atoms with Crippen molar-refractivity contribution in [2.24, 2.45) is 0 Å². The van der Waals surface area contributed by atoms with Gasteiger partial charge in [-0.25, -0.2) is 9.78 Å². The summed E-state index contributed by atoms with van der Waals surface area (Å²) in [6.07, 6.45) is 1.81. The average molecular weight is 487 g/mol. The normalized spacial score (nSPS) is 11.6.